The molecule has 0 aliphatic carbocycles. The second-order valence-electron chi connectivity index (χ2n) is 4.34. The normalized spacial score (nSPS) is 10.8. The van der Waals surface area contributed by atoms with Crippen LogP contribution < -0.4 is 4.74 Å². The van der Waals surface area contributed by atoms with Crippen LogP contribution in [0.4, 0.5) is 0 Å². The van der Waals surface area contributed by atoms with Crippen LogP contribution in [-0.4, -0.2) is 11.2 Å². The monoisotopic (exact) mass is 315 g/mol. The maximum Gasteiger partial charge on any atom is 0.119 e. The predicted molar refractivity (Wildman–Crippen MR) is 81.6 cm³/mol. The quantitative estimate of drug-likeness (QED) is 0.692. The lowest BCUT2D eigenvalue weighted by molar-refractivity contribution is 0.300. The number of aromatic nitrogens is 1. The molecule has 1 aromatic heterocycles. The number of hydrogen-bond donors (Lipinski definition) is 0. The van der Waals surface area contributed by atoms with E-state index in [-0.39, 0.29) is 0 Å². The third-order valence-corrected chi connectivity index (χ3v) is 3.80. The molecule has 0 atom stereocenters. The Hall–Kier alpha value is -1.74. The molecule has 3 rings (SSSR count). The van der Waals surface area contributed by atoms with Crippen LogP contribution in [0.3, 0.4) is 0 Å². The van der Waals surface area contributed by atoms with Crippen molar-refractivity contribution < 1.29 is 4.74 Å². The first-order valence-corrected chi connectivity index (χ1v) is 7.05. The van der Waals surface area contributed by atoms with Crippen molar-refractivity contribution in [1.29, 1.82) is 0 Å². The first-order chi connectivity index (χ1) is 9.34. The Morgan fingerprint density at radius 1 is 0.947 bits per heavy atom. The fraction of sp³-hybridized carbons (Fsp3) is 0.125. The SMILES string of the molecule is Brc1cccc2c1ccn2CCOc1ccccc1. The molecule has 0 radical (unpaired) electrons. The molecule has 0 fully saturated rings. The zero-order chi connectivity index (χ0) is 13.1. The van der Waals surface area contributed by atoms with Gasteiger partial charge in [-0.1, -0.05) is 40.2 Å². The molecule has 0 bridgehead atoms. The van der Waals surface area contributed by atoms with E-state index in [4.69, 9.17) is 4.74 Å². The minimum Gasteiger partial charge on any atom is -0.492 e. The maximum atomic E-state index is 5.73. The van der Waals surface area contributed by atoms with Crippen LogP contribution in [0.5, 0.6) is 5.75 Å². The van der Waals surface area contributed by atoms with Gasteiger partial charge < -0.3 is 9.30 Å². The highest BCUT2D eigenvalue weighted by atomic mass is 79.9. The van der Waals surface area contributed by atoms with Crippen molar-refractivity contribution in [3.8, 4) is 5.75 Å². The van der Waals surface area contributed by atoms with Gasteiger partial charge in [0.15, 0.2) is 0 Å². The second-order valence-corrected chi connectivity index (χ2v) is 5.20. The van der Waals surface area contributed by atoms with Crippen LogP contribution in [0.15, 0.2) is 65.3 Å². The molecule has 96 valence electrons. The van der Waals surface area contributed by atoms with Crippen LogP contribution in [0.2, 0.25) is 0 Å². The number of para-hydroxylation sites is 1. The number of rotatable bonds is 4. The zero-order valence-corrected chi connectivity index (χ0v) is 12.0. The standard InChI is InChI=1S/C16H14BrNO/c17-15-7-4-8-16-14(15)9-10-18(16)11-12-19-13-5-2-1-3-6-13/h1-10H,11-12H2. The summed E-state index contributed by atoms with van der Waals surface area (Å²) in [5.74, 6) is 0.917. The lowest BCUT2D eigenvalue weighted by Gasteiger charge is -2.08. The molecule has 0 spiro atoms. The highest BCUT2D eigenvalue weighted by Gasteiger charge is 2.03. The molecular formula is C16H14BrNO. The summed E-state index contributed by atoms with van der Waals surface area (Å²) >= 11 is 3.57. The third-order valence-electron chi connectivity index (χ3n) is 3.10. The highest BCUT2D eigenvalue weighted by molar-refractivity contribution is 9.10. The first-order valence-electron chi connectivity index (χ1n) is 6.26. The van der Waals surface area contributed by atoms with Gasteiger partial charge in [-0.25, -0.2) is 0 Å². The molecule has 2 nitrogen and oxygen atoms in total. The summed E-state index contributed by atoms with van der Waals surface area (Å²) in [5, 5.41) is 1.24. The topological polar surface area (TPSA) is 14.2 Å². The van der Waals surface area contributed by atoms with Gasteiger partial charge in [0.25, 0.3) is 0 Å². The molecule has 3 heteroatoms. The number of nitrogens with zero attached hydrogens (tertiary/aromatic N) is 1. The summed E-state index contributed by atoms with van der Waals surface area (Å²) in [5.41, 5.74) is 1.23. The van der Waals surface area contributed by atoms with E-state index in [1.807, 2.05) is 30.3 Å². The largest absolute Gasteiger partial charge is 0.492 e. The van der Waals surface area contributed by atoms with Crippen molar-refractivity contribution in [3.05, 3.63) is 65.3 Å². The van der Waals surface area contributed by atoms with Gasteiger partial charge in [0.2, 0.25) is 0 Å². The Bertz CT molecular complexity index is 676. The summed E-state index contributed by atoms with van der Waals surface area (Å²) in [6, 6.07) is 18.3. The Morgan fingerprint density at radius 3 is 2.63 bits per heavy atom. The Morgan fingerprint density at radius 2 is 1.79 bits per heavy atom. The first kappa shape index (κ1) is 12.3. The average molecular weight is 316 g/mol. The Labute approximate surface area is 120 Å². The van der Waals surface area contributed by atoms with E-state index in [0.717, 1.165) is 16.8 Å². The second kappa shape index (κ2) is 5.49. The molecule has 0 aliphatic heterocycles. The van der Waals surface area contributed by atoms with Crippen LogP contribution in [-0.2, 0) is 6.54 Å². The Kier molecular flexibility index (Phi) is 3.56. The summed E-state index contributed by atoms with van der Waals surface area (Å²) < 4.78 is 9.07. The highest BCUT2D eigenvalue weighted by Crippen LogP contribution is 2.24. The minimum absolute atomic E-state index is 0.667. The van der Waals surface area contributed by atoms with E-state index in [1.54, 1.807) is 0 Å². The van der Waals surface area contributed by atoms with Crippen LogP contribution in [0.1, 0.15) is 0 Å². The van der Waals surface area contributed by atoms with Gasteiger partial charge in [-0.05, 0) is 30.3 Å². The molecule has 3 aromatic rings. The predicted octanol–water partition coefficient (Wildman–Crippen LogP) is 4.48. The molecule has 0 N–H and O–H groups in total. The molecular weight excluding hydrogens is 302 g/mol. The third kappa shape index (κ3) is 2.66. The van der Waals surface area contributed by atoms with Gasteiger partial charge in [-0.3, -0.25) is 0 Å². The van der Waals surface area contributed by atoms with Crippen molar-refractivity contribution in [2.45, 2.75) is 6.54 Å². The van der Waals surface area contributed by atoms with Gasteiger partial charge in [-0.15, -0.1) is 0 Å². The lowest BCUT2D eigenvalue weighted by atomic mass is 10.2. The van der Waals surface area contributed by atoms with E-state index >= 15 is 0 Å². The number of fused-ring (bicyclic) bond motifs is 1. The fourth-order valence-electron chi connectivity index (χ4n) is 2.16. The van der Waals surface area contributed by atoms with E-state index in [2.05, 4.69) is 51.0 Å². The van der Waals surface area contributed by atoms with Crippen LogP contribution in [0.25, 0.3) is 10.9 Å². The summed E-state index contributed by atoms with van der Waals surface area (Å²) in [4.78, 5) is 0. The Balaban J connectivity index is 1.71. The van der Waals surface area contributed by atoms with Gasteiger partial charge >= 0.3 is 0 Å². The van der Waals surface area contributed by atoms with E-state index in [9.17, 15) is 0 Å². The van der Waals surface area contributed by atoms with Crippen LogP contribution in [0, 0.1) is 0 Å². The van der Waals surface area contributed by atoms with Crippen molar-refractivity contribution in [2.75, 3.05) is 6.61 Å². The van der Waals surface area contributed by atoms with Crippen molar-refractivity contribution in [3.63, 3.8) is 0 Å². The molecule has 0 aliphatic rings. The van der Waals surface area contributed by atoms with Gasteiger partial charge in [0.1, 0.15) is 12.4 Å². The van der Waals surface area contributed by atoms with Gasteiger partial charge in [0.05, 0.1) is 6.54 Å². The number of ether oxygens (including phenoxy) is 1. The minimum atomic E-state index is 0.667. The molecule has 0 amide bonds. The van der Waals surface area contributed by atoms with Gasteiger partial charge in [0, 0.05) is 21.6 Å². The van der Waals surface area contributed by atoms with E-state index in [0.29, 0.717) is 6.61 Å². The molecule has 2 aromatic carbocycles. The smallest absolute Gasteiger partial charge is 0.119 e. The molecule has 1 heterocycles. The summed E-state index contributed by atoms with van der Waals surface area (Å²) in [6.07, 6.45) is 2.10. The summed E-state index contributed by atoms with van der Waals surface area (Å²) in [6.45, 7) is 1.51. The van der Waals surface area contributed by atoms with E-state index < -0.39 is 0 Å². The zero-order valence-electron chi connectivity index (χ0n) is 10.4. The molecule has 0 unspecified atom stereocenters. The number of hydrogen-bond acceptors (Lipinski definition) is 1. The fourth-order valence-corrected chi connectivity index (χ4v) is 2.65. The van der Waals surface area contributed by atoms with Crippen molar-refractivity contribution in [1.82, 2.24) is 4.57 Å². The number of halogens is 1. The van der Waals surface area contributed by atoms with Crippen molar-refractivity contribution >= 4 is 26.8 Å². The lowest BCUT2D eigenvalue weighted by Crippen LogP contribution is -2.06. The maximum absolute atomic E-state index is 5.73. The molecule has 0 saturated heterocycles. The van der Waals surface area contributed by atoms with Crippen LogP contribution >= 0.6 is 15.9 Å². The van der Waals surface area contributed by atoms with Gasteiger partial charge in [-0.2, -0.15) is 0 Å². The molecule has 0 saturated carbocycles. The number of benzene rings is 2. The van der Waals surface area contributed by atoms with E-state index in [1.165, 1.54) is 10.9 Å². The molecule has 19 heavy (non-hydrogen) atoms. The summed E-state index contributed by atoms with van der Waals surface area (Å²) in [7, 11) is 0. The van der Waals surface area contributed by atoms with Crippen molar-refractivity contribution in [2.24, 2.45) is 0 Å². The average Bonchev–Trinajstić information content (AvgIpc) is 2.85.